The standard InChI is InChI=1S/C15H29NO3/c1-12(2)6-5-10-19-11-8-13-7-4-9-15(13,16-3)14(17)18/h12-13,16H,4-11H2,1-3H3,(H,17,18). The SMILES string of the molecule is CNC1(C(=O)O)CCCC1CCOCCCC(C)C. The molecule has 0 radical (unpaired) electrons. The molecule has 0 aromatic heterocycles. The van der Waals surface area contributed by atoms with E-state index in [9.17, 15) is 9.90 Å². The minimum absolute atomic E-state index is 0.195. The van der Waals surface area contributed by atoms with E-state index in [1.54, 1.807) is 7.05 Å². The van der Waals surface area contributed by atoms with Crippen LogP contribution >= 0.6 is 0 Å². The fourth-order valence-corrected chi connectivity index (χ4v) is 3.11. The van der Waals surface area contributed by atoms with Gasteiger partial charge in [0.25, 0.3) is 0 Å². The first kappa shape index (κ1) is 16.4. The van der Waals surface area contributed by atoms with Gasteiger partial charge in [0.05, 0.1) is 0 Å². The third kappa shape index (κ3) is 4.46. The summed E-state index contributed by atoms with van der Waals surface area (Å²) in [6.45, 7) is 5.91. The van der Waals surface area contributed by atoms with Crippen molar-refractivity contribution >= 4 is 5.97 Å². The van der Waals surface area contributed by atoms with Crippen molar-refractivity contribution in [3.8, 4) is 0 Å². The van der Waals surface area contributed by atoms with Crippen molar-refractivity contribution in [2.45, 2.75) is 57.9 Å². The minimum atomic E-state index is -0.721. The van der Waals surface area contributed by atoms with E-state index in [-0.39, 0.29) is 5.92 Å². The molecule has 4 nitrogen and oxygen atoms in total. The number of hydrogen-bond donors (Lipinski definition) is 2. The molecule has 0 aromatic rings. The normalized spacial score (nSPS) is 27.1. The molecular formula is C15H29NO3. The first-order chi connectivity index (χ1) is 9.03. The molecule has 0 heterocycles. The van der Waals surface area contributed by atoms with E-state index in [4.69, 9.17) is 4.74 Å². The highest BCUT2D eigenvalue weighted by atomic mass is 16.5. The molecular weight excluding hydrogens is 242 g/mol. The smallest absolute Gasteiger partial charge is 0.324 e. The highest BCUT2D eigenvalue weighted by Gasteiger charge is 2.47. The van der Waals surface area contributed by atoms with Crippen LogP contribution in [0.5, 0.6) is 0 Å². The molecule has 112 valence electrons. The summed E-state index contributed by atoms with van der Waals surface area (Å²) in [6, 6.07) is 0. The maximum atomic E-state index is 11.5. The van der Waals surface area contributed by atoms with Gasteiger partial charge in [-0.1, -0.05) is 20.3 Å². The molecule has 0 aliphatic heterocycles. The van der Waals surface area contributed by atoms with E-state index >= 15 is 0 Å². The summed E-state index contributed by atoms with van der Waals surface area (Å²) in [5.74, 6) is 0.208. The molecule has 1 fully saturated rings. The molecule has 1 saturated carbocycles. The van der Waals surface area contributed by atoms with Gasteiger partial charge in [-0.2, -0.15) is 0 Å². The van der Waals surface area contributed by atoms with E-state index in [2.05, 4.69) is 19.2 Å². The molecule has 0 spiro atoms. The second-order valence-corrected chi connectivity index (χ2v) is 6.05. The average molecular weight is 271 g/mol. The third-order valence-electron chi connectivity index (χ3n) is 4.33. The summed E-state index contributed by atoms with van der Waals surface area (Å²) in [5.41, 5.74) is -0.721. The molecule has 4 heteroatoms. The van der Waals surface area contributed by atoms with Crippen LogP contribution in [0.3, 0.4) is 0 Å². The monoisotopic (exact) mass is 271 g/mol. The van der Waals surface area contributed by atoms with E-state index in [0.717, 1.165) is 44.6 Å². The largest absolute Gasteiger partial charge is 0.480 e. The zero-order valence-corrected chi connectivity index (χ0v) is 12.6. The minimum Gasteiger partial charge on any atom is -0.480 e. The lowest BCUT2D eigenvalue weighted by molar-refractivity contribution is -0.146. The summed E-state index contributed by atoms with van der Waals surface area (Å²) >= 11 is 0. The zero-order chi connectivity index (χ0) is 14.3. The molecule has 1 rings (SSSR count). The summed E-state index contributed by atoms with van der Waals surface area (Å²) < 4.78 is 5.64. The second-order valence-electron chi connectivity index (χ2n) is 6.05. The van der Waals surface area contributed by atoms with Crippen LogP contribution in [0.15, 0.2) is 0 Å². The van der Waals surface area contributed by atoms with Gasteiger partial charge in [-0.3, -0.25) is 4.79 Å². The van der Waals surface area contributed by atoms with E-state index in [1.807, 2.05) is 0 Å². The van der Waals surface area contributed by atoms with Crippen LogP contribution in [0.1, 0.15) is 52.4 Å². The number of ether oxygens (including phenoxy) is 1. The lowest BCUT2D eigenvalue weighted by Gasteiger charge is -2.30. The summed E-state index contributed by atoms with van der Waals surface area (Å²) in [7, 11) is 1.76. The number of carboxylic acids is 1. The predicted octanol–water partition coefficient (Wildman–Crippen LogP) is 2.67. The molecule has 1 aliphatic carbocycles. The number of aliphatic carboxylic acids is 1. The number of hydrogen-bond acceptors (Lipinski definition) is 3. The quantitative estimate of drug-likeness (QED) is 0.633. The Morgan fingerprint density at radius 2 is 2.21 bits per heavy atom. The molecule has 2 atom stereocenters. The Labute approximate surface area is 116 Å². The number of rotatable bonds is 9. The van der Waals surface area contributed by atoms with Crippen molar-refractivity contribution in [2.75, 3.05) is 20.3 Å². The fraction of sp³-hybridized carbons (Fsp3) is 0.933. The van der Waals surface area contributed by atoms with Crippen molar-refractivity contribution in [2.24, 2.45) is 11.8 Å². The van der Waals surface area contributed by atoms with Crippen molar-refractivity contribution < 1.29 is 14.6 Å². The zero-order valence-electron chi connectivity index (χ0n) is 12.6. The summed E-state index contributed by atoms with van der Waals surface area (Å²) in [4.78, 5) is 11.5. The van der Waals surface area contributed by atoms with E-state index in [1.165, 1.54) is 6.42 Å². The van der Waals surface area contributed by atoms with Crippen molar-refractivity contribution in [1.82, 2.24) is 5.32 Å². The Balaban J connectivity index is 2.26. The van der Waals surface area contributed by atoms with Crippen molar-refractivity contribution in [3.05, 3.63) is 0 Å². The summed E-state index contributed by atoms with van der Waals surface area (Å²) in [6.07, 6.45) is 5.84. The van der Waals surface area contributed by atoms with E-state index < -0.39 is 11.5 Å². The maximum absolute atomic E-state index is 11.5. The Morgan fingerprint density at radius 3 is 2.79 bits per heavy atom. The van der Waals surface area contributed by atoms with Crippen LogP contribution in [0.2, 0.25) is 0 Å². The van der Waals surface area contributed by atoms with Crippen LogP contribution in [-0.4, -0.2) is 36.9 Å². The van der Waals surface area contributed by atoms with Gasteiger partial charge in [0.15, 0.2) is 0 Å². The molecule has 2 unspecified atom stereocenters. The van der Waals surface area contributed by atoms with Gasteiger partial charge in [-0.05, 0) is 51.0 Å². The van der Waals surface area contributed by atoms with Crippen LogP contribution in [-0.2, 0) is 9.53 Å². The van der Waals surface area contributed by atoms with Crippen molar-refractivity contribution in [3.63, 3.8) is 0 Å². The van der Waals surface area contributed by atoms with Crippen LogP contribution in [0.25, 0.3) is 0 Å². The van der Waals surface area contributed by atoms with Gasteiger partial charge in [0.1, 0.15) is 5.54 Å². The molecule has 0 aromatic carbocycles. The number of carbonyl (C=O) groups is 1. The highest BCUT2D eigenvalue weighted by Crippen LogP contribution is 2.37. The number of carboxylic acid groups (broad SMARTS) is 1. The Morgan fingerprint density at radius 1 is 1.47 bits per heavy atom. The van der Waals surface area contributed by atoms with Gasteiger partial charge in [-0.15, -0.1) is 0 Å². The van der Waals surface area contributed by atoms with Crippen LogP contribution in [0.4, 0.5) is 0 Å². The topological polar surface area (TPSA) is 58.6 Å². The predicted molar refractivity (Wildman–Crippen MR) is 76.3 cm³/mol. The van der Waals surface area contributed by atoms with Gasteiger partial charge < -0.3 is 15.2 Å². The lowest BCUT2D eigenvalue weighted by Crippen LogP contribution is -2.53. The molecule has 0 amide bonds. The average Bonchev–Trinajstić information content (AvgIpc) is 2.77. The van der Waals surface area contributed by atoms with E-state index in [0.29, 0.717) is 6.61 Å². The summed E-state index contributed by atoms with van der Waals surface area (Å²) in [5, 5.41) is 12.5. The van der Waals surface area contributed by atoms with Crippen molar-refractivity contribution in [1.29, 1.82) is 0 Å². The van der Waals surface area contributed by atoms with Crippen LogP contribution < -0.4 is 5.32 Å². The Kier molecular flexibility index (Phi) is 6.80. The highest BCUT2D eigenvalue weighted by molar-refractivity contribution is 5.79. The third-order valence-corrected chi connectivity index (χ3v) is 4.33. The first-order valence-electron chi connectivity index (χ1n) is 7.53. The molecule has 19 heavy (non-hydrogen) atoms. The first-order valence-corrected chi connectivity index (χ1v) is 7.53. The molecule has 0 bridgehead atoms. The second kappa shape index (κ2) is 7.85. The molecule has 0 saturated heterocycles. The van der Waals surface area contributed by atoms with Gasteiger partial charge in [0, 0.05) is 13.2 Å². The van der Waals surface area contributed by atoms with Crippen LogP contribution in [0, 0.1) is 11.8 Å². The van der Waals surface area contributed by atoms with Gasteiger partial charge in [0.2, 0.25) is 0 Å². The maximum Gasteiger partial charge on any atom is 0.324 e. The fourth-order valence-electron chi connectivity index (χ4n) is 3.11. The Hall–Kier alpha value is -0.610. The van der Waals surface area contributed by atoms with Gasteiger partial charge >= 0.3 is 5.97 Å². The number of nitrogens with one attached hydrogen (secondary N) is 1. The molecule has 2 N–H and O–H groups in total. The molecule has 1 aliphatic rings. The Bertz CT molecular complexity index is 281. The van der Waals surface area contributed by atoms with Gasteiger partial charge in [-0.25, -0.2) is 0 Å². The lowest BCUT2D eigenvalue weighted by atomic mass is 9.85. The number of likely N-dealkylation sites (N-methyl/N-ethyl adjacent to an activating group) is 1.